The molecule has 0 unspecified atom stereocenters. The van der Waals surface area contributed by atoms with E-state index >= 15 is 0 Å². The summed E-state index contributed by atoms with van der Waals surface area (Å²) in [5.41, 5.74) is 2.75. The Balaban J connectivity index is 1.94. The third-order valence-electron chi connectivity index (χ3n) is 4.64. The van der Waals surface area contributed by atoms with Crippen molar-refractivity contribution >= 4 is 41.0 Å². The highest BCUT2D eigenvalue weighted by molar-refractivity contribution is 8.03. The van der Waals surface area contributed by atoms with Gasteiger partial charge in [0.25, 0.3) is 0 Å². The molecular weight excluding hydrogens is 365 g/mol. The van der Waals surface area contributed by atoms with Crippen LogP contribution >= 0.6 is 11.8 Å². The number of nitrogens with one attached hydrogen (secondary N) is 1. The monoisotopic (exact) mass is 382 g/mol. The van der Waals surface area contributed by atoms with Crippen molar-refractivity contribution in [2.45, 2.75) is 13.3 Å². The fourth-order valence-corrected chi connectivity index (χ4v) is 4.23. The predicted molar refractivity (Wildman–Crippen MR) is 115 cm³/mol. The topological polar surface area (TPSA) is 76.9 Å². The van der Waals surface area contributed by atoms with Crippen molar-refractivity contribution in [3.63, 3.8) is 0 Å². The minimum atomic E-state index is 0.508. The van der Waals surface area contributed by atoms with Gasteiger partial charge in [-0.25, -0.2) is 0 Å². The van der Waals surface area contributed by atoms with Crippen LogP contribution in [-0.4, -0.2) is 24.3 Å². The highest BCUT2D eigenvalue weighted by atomic mass is 32.2. The van der Waals surface area contributed by atoms with Crippen LogP contribution in [0.2, 0.25) is 0 Å². The Morgan fingerprint density at radius 2 is 1.96 bits per heavy atom. The molecule has 0 atom stereocenters. The molecule has 7 heteroatoms. The van der Waals surface area contributed by atoms with Crippen molar-refractivity contribution in [3.05, 3.63) is 64.1 Å². The lowest BCUT2D eigenvalue weighted by molar-refractivity contribution is 1.03. The zero-order valence-corrected chi connectivity index (χ0v) is 16.3. The Bertz CT molecular complexity index is 1240. The highest BCUT2D eigenvalue weighted by Crippen LogP contribution is 2.30. The fourth-order valence-electron chi connectivity index (χ4n) is 3.45. The molecule has 0 spiro atoms. The normalized spacial score (nSPS) is 16.6. The Labute approximate surface area is 168 Å². The molecule has 0 saturated carbocycles. The molecule has 0 amide bonds. The Morgan fingerprint density at radius 1 is 1.18 bits per heavy atom. The van der Waals surface area contributed by atoms with Crippen LogP contribution in [0.25, 0.3) is 21.7 Å². The molecule has 0 aliphatic carbocycles. The van der Waals surface area contributed by atoms with Crippen LogP contribution in [0.3, 0.4) is 0 Å². The fraction of sp³-hybridized carbons (Fsp3) is 0.190. The summed E-state index contributed by atoms with van der Waals surface area (Å²) in [6.07, 6.45) is 7.25. The smallest absolute Gasteiger partial charge is 0.394 e. The summed E-state index contributed by atoms with van der Waals surface area (Å²) in [6, 6.07) is 11.8. The summed E-state index contributed by atoms with van der Waals surface area (Å²) < 4.78 is 2.00. The third-order valence-corrected chi connectivity index (χ3v) is 5.84. The van der Waals surface area contributed by atoms with Crippen LogP contribution in [0.5, 0.6) is 0 Å². The lowest BCUT2D eigenvalue weighted by Crippen LogP contribution is -2.30. The number of nitrogens with zero attached hydrogens (tertiary/aromatic N) is 4. The van der Waals surface area contributed by atoms with Gasteiger partial charge in [-0.1, -0.05) is 13.0 Å². The van der Waals surface area contributed by atoms with Gasteiger partial charge in [-0.05, 0) is 48.7 Å². The van der Waals surface area contributed by atoms with Gasteiger partial charge in [0, 0.05) is 26.6 Å². The number of fused-ring (bicyclic) bond motifs is 3. The quantitative estimate of drug-likeness (QED) is 0.705. The van der Waals surface area contributed by atoms with E-state index in [2.05, 4.69) is 36.4 Å². The minimum Gasteiger partial charge on any atom is -0.417 e. The first kappa shape index (κ1) is 18.2. The van der Waals surface area contributed by atoms with Gasteiger partial charge in [-0.2, -0.15) is 10.5 Å². The van der Waals surface area contributed by atoms with E-state index in [1.165, 1.54) is 0 Å². The van der Waals surface area contributed by atoms with Gasteiger partial charge in [-0.3, -0.25) is 4.99 Å². The van der Waals surface area contributed by atoms with Crippen LogP contribution in [0, 0.1) is 22.7 Å². The summed E-state index contributed by atoms with van der Waals surface area (Å²) >= 11 is 1.81. The number of rotatable bonds is 3. The van der Waals surface area contributed by atoms with Crippen molar-refractivity contribution in [2.75, 3.05) is 12.3 Å². The molecule has 0 saturated heterocycles. The number of aromatic nitrogens is 1. The van der Waals surface area contributed by atoms with Crippen LogP contribution in [0.1, 0.15) is 24.5 Å². The maximum Gasteiger partial charge on any atom is 0.394 e. The van der Waals surface area contributed by atoms with E-state index in [1.807, 2.05) is 30.4 Å². The van der Waals surface area contributed by atoms with E-state index < -0.39 is 0 Å². The number of thioether (sulfide) groups is 1. The van der Waals surface area contributed by atoms with Gasteiger partial charge in [0.1, 0.15) is 5.49 Å². The van der Waals surface area contributed by atoms with Crippen molar-refractivity contribution < 1.29 is 0 Å². The first-order chi connectivity index (χ1) is 13.8. The number of nitriles is 2. The van der Waals surface area contributed by atoms with Crippen LogP contribution in [-0.2, 0) is 0 Å². The zero-order valence-electron chi connectivity index (χ0n) is 15.4. The van der Waals surface area contributed by atoms with E-state index in [1.54, 1.807) is 23.9 Å². The predicted octanol–water partition coefficient (Wildman–Crippen LogP) is 3.40. The molecule has 1 radical (unpaired) electrons. The van der Waals surface area contributed by atoms with Crippen molar-refractivity contribution in [1.82, 2.24) is 9.71 Å². The maximum absolute atomic E-state index is 9.54. The van der Waals surface area contributed by atoms with Crippen LogP contribution < -0.4 is 10.7 Å². The molecule has 2 aromatic carbocycles. The van der Waals surface area contributed by atoms with Crippen LogP contribution in [0.15, 0.2) is 52.5 Å². The molecule has 28 heavy (non-hydrogen) atoms. The van der Waals surface area contributed by atoms with Gasteiger partial charge in [0.2, 0.25) is 0 Å². The van der Waals surface area contributed by atoms with Gasteiger partial charge in [-0.15, -0.1) is 11.8 Å². The molecule has 2 heterocycles. The molecule has 1 aromatic heterocycles. The first-order valence-electron chi connectivity index (χ1n) is 9.11. The standard InChI is InChI=1S/C21H17BN5S/c1-2-10-28-16-4-3-9-25-21-17-7-5-14(11-23)19-15(12-24)6-8-18(20(17)19)27(21)22-26-13-16/h3-8,13,26H,2,9-10H2,1H3/b4-3-,16-13+,25-21?. The molecule has 1 aliphatic heterocycles. The SMILES string of the molecule is CCCSC1=C/N[B]n2c(c3ccc(C#N)c4c(C#N)ccc2c43)=NC/C=C\1. The number of benzene rings is 2. The second-order valence-electron chi connectivity index (χ2n) is 6.39. The number of allylic oxidation sites excluding steroid dienone is 1. The number of hydrogen-bond acceptors (Lipinski definition) is 5. The molecule has 1 N–H and O–H groups in total. The third kappa shape index (κ3) is 3.04. The van der Waals surface area contributed by atoms with E-state index in [-0.39, 0.29) is 0 Å². The van der Waals surface area contributed by atoms with E-state index in [4.69, 9.17) is 4.99 Å². The molecule has 4 rings (SSSR count). The first-order valence-corrected chi connectivity index (χ1v) is 10.1. The lowest BCUT2D eigenvalue weighted by atomic mass is 9.98. The van der Waals surface area contributed by atoms with Gasteiger partial charge < -0.3 is 9.71 Å². The molecule has 0 fully saturated rings. The van der Waals surface area contributed by atoms with Crippen molar-refractivity contribution in [2.24, 2.45) is 4.99 Å². The molecule has 5 nitrogen and oxygen atoms in total. The van der Waals surface area contributed by atoms with Gasteiger partial charge in [0.15, 0.2) is 0 Å². The average Bonchev–Trinajstić information content (AvgIpc) is 3.04. The second kappa shape index (κ2) is 7.84. The minimum absolute atomic E-state index is 0.508. The Morgan fingerprint density at radius 3 is 2.71 bits per heavy atom. The van der Waals surface area contributed by atoms with Gasteiger partial charge >= 0.3 is 7.55 Å². The summed E-state index contributed by atoms with van der Waals surface area (Å²) in [7, 11) is 1.89. The summed E-state index contributed by atoms with van der Waals surface area (Å²) in [6.45, 7) is 2.73. The summed E-state index contributed by atoms with van der Waals surface area (Å²) in [5.74, 6) is 1.06. The summed E-state index contributed by atoms with van der Waals surface area (Å²) in [4.78, 5) is 5.95. The average molecular weight is 382 g/mol. The zero-order chi connectivity index (χ0) is 19.5. The van der Waals surface area contributed by atoms with Gasteiger partial charge in [0.05, 0.1) is 29.8 Å². The van der Waals surface area contributed by atoms with E-state index in [9.17, 15) is 10.5 Å². The Kier molecular flexibility index (Phi) is 5.10. The number of hydrogen-bond donors (Lipinski definition) is 1. The van der Waals surface area contributed by atoms with Crippen molar-refractivity contribution in [3.8, 4) is 12.1 Å². The summed E-state index contributed by atoms with van der Waals surface area (Å²) in [5, 5.41) is 24.9. The molecule has 135 valence electrons. The molecule has 3 aromatic rings. The molecule has 0 bridgehead atoms. The molecule has 1 aliphatic rings. The Hall–Kier alpha value is -3.16. The van der Waals surface area contributed by atoms with E-state index in [0.29, 0.717) is 23.1 Å². The lowest BCUT2D eigenvalue weighted by Gasteiger charge is -2.08. The second-order valence-corrected chi connectivity index (χ2v) is 7.56. The largest absolute Gasteiger partial charge is 0.417 e. The van der Waals surface area contributed by atoms with E-state index in [0.717, 1.165) is 38.9 Å². The highest BCUT2D eigenvalue weighted by Gasteiger charge is 2.18. The van der Waals surface area contributed by atoms with Crippen LogP contribution in [0.4, 0.5) is 0 Å². The van der Waals surface area contributed by atoms with Crippen molar-refractivity contribution in [1.29, 1.82) is 10.5 Å². The maximum atomic E-state index is 9.54. The molecular formula is C21H17BN5S.